The zero-order chi connectivity index (χ0) is 13.8. The van der Waals surface area contributed by atoms with Crippen molar-refractivity contribution in [1.29, 1.82) is 5.26 Å². The van der Waals surface area contributed by atoms with E-state index >= 15 is 0 Å². The highest BCUT2D eigenvalue weighted by Crippen LogP contribution is 2.20. The molecule has 0 unspecified atom stereocenters. The molecule has 1 rings (SSSR count). The Bertz CT molecular complexity index is 357. The highest BCUT2D eigenvalue weighted by Gasteiger charge is 2.30. The van der Waals surface area contributed by atoms with Crippen LogP contribution in [0.25, 0.3) is 0 Å². The van der Waals surface area contributed by atoms with Gasteiger partial charge in [0.2, 0.25) is 11.8 Å². The largest absolute Gasteiger partial charge is 0.352 e. The number of carbonyl (C=O) groups excluding carboxylic acids is 2. The number of amides is 2. The van der Waals surface area contributed by atoms with Gasteiger partial charge >= 0.3 is 0 Å². The second-order valence-electron chi connectivity index (χ2n) is 5.72. The molecule has 0 aromatic carbocycles. The van der Waals surface area contributed by atoms with Crippen molar-refractivity contribution in [3.63, 3.8) is 0 Å². The molecule has 1 aliphatic heterocycles. The first-order chi connectivity index (χ1) is 8.34. The van der Waals surface area contributed by atoms with Crippen molar-refractivity contribution >= 4 is 11.8 Å². The van der Waals surface area contributed by atoms with E-state index in [0.717, 1.165) is 12.8 Å². The number of likely N-dealkylation sites (tertiary alicyclic amines) is 1. The monoisotopic (exact) mass is 251 g/mol. The fourth-order valence-corrected chi connectivity index (χ4v) is 2.05. The van der Waals surface area contributed by atoms with Gasteiger partial charge in [0.15, 0.2) is 0 Å². The Morgan fingerprint density at radius 3 is 2.33 bits per heavy atom. The standard InChI is InChI=1S/C13H21N3O2/c1-13(2,3)12(18)16-8-5-10(6-9-16)15-11(17)4-7-14/h10H,4-6,8-9H2,1-3H3,(H,15,17). The molecule has 5 nitrogen and oxygen atoms in total. The summed E-state index contributed by atoms with van der Waals surface area (Å²) in [5, 5.41) is 11.2. The number of nitriles is 1. The van der Waals surface area contributed by atoms with Crippen LogP contribution in [0.4, 0.5) is 0 Å². The molecule has 0 saturated carbocycles. The number of hydrogen-bond acceptors (Lipinski definition) is 3. The lowest BCUT2D eigenvalue weighted by Gasteiger charge is -2.35. The van der Waals surface area contributed by atoms with Crippen molar-refractivity contribution in [2.24, 2.45) is 5.41 Å². The Morgan fingerprint density at radius 1 is 1.33 bits per heavy atom. The molecule has 2 amide bonds. The molecule has 0 aromatic heterocycles. The van der Waals surface area contributed by atoms with Gasteiger partial charge in [-0.2, -0.15) is 5.26 Å². The van der Waals surface area contributed by atoms with Crippen LogP contribution in [0.2, 0.25) is 0 Å². The Balaban J connectivity index is 2.40. The minimum atomic E-state index is -0.350. The van der Waals surface area contributed by atoms with Gasteiger partial charge in [0.25, 0.3) is 0 Å². The Labute approximate surface area is 108 Å². The van der Waals surface area contributed by atoms with Crippen LogP contribution in [0.5, 0.6) is 0 Å². The third-order valence-corrected chi connectivity index (χ3v) is 3.03. The molecule has 0 radical (unpaired) electrons. The number of carbonyl (C=O) groups is 2. The van der Waals surface area contributed by atoms with Gasteiger partial charge in [-0.1, -0.05) is 20.8 Å². The van der Waals surface area contributed by atoms with E-state index in [1.807, 2.05) is 31.7 Å². The van der Waals surface area contributed by atoms with E-state index in [1.54, 1.807) is 0 Å². The summed E-state index contributed by atoms with van der Waals surface area (Å²) < 4.78 is 0. The van der Waals surface area contributed by atoms with Gasteiger partial charge in [0, 0.05) is 24.5 Å². The highest BCUT2D eigenvalue weighted by molar-refractivity contribution is 5.81. The number of hydrogen-bond donors (Lipinski definition) is 1. The molecule has 0 bridgehead atoms. The SMILES string of the molecule is CC(C)(C)C(=O)N1CCC(NC(=O)CC#N)CC1. The lowest BCUT2D eigenvalue weighted by Crippen LogP contribution is -2.49. The van der Waals surface area contributed by atoms with Crippen molar-refractivity contribution in [1.82, 2.24) is 10.2 Å². The molecule has 18 heavy (non-hydrogen) atoms. The first-order valence-electron chi connectivity index (χ1n) is 6.30. The van der Waals surface area contributed by atoms with Crippen LogP contribution in [0, 0.1) is 16.7 Å². The van der Waals surface area contributed by atoms with Gasteiger partial charge in [-0.15, -0.1) is 0 Å². The zero-order valence-electron chi connectivity index (χ0n) is 11.3. The van der Waals surface area contributed by atoms with Crippen LogP contribution in [0.1, 0.15) is 40.0 Å². The van der Waals surface area contributed by atoms with Crippen LogP contribution in [0.3, 0.4) is 0 Å². The summed E-state index contributed by atoms with van der Waals surface area (Å²) in [7, 11) is 0. The van der Waals surface area contributed by atoms with Crippen molar-refractivity contribution in [2.75, 3.05) is 13.1 Å². The lowest BCUT2D eigenvalue weighted by molar-refractivity contribution is -0.140. The van der Waals surface area contributed by atoms with Gasteiger partial charge in [-0.3, -0.25) is 9.59 Å². The summed E-state index contributed by atoms with van der Waals surface area (Å²) in [6, 6.07) is 1.92. The smallest absolute Gasteiger partial charge is 0.234 e. The van der Waals surface area contributed by atoms with Crippen molar-refractivity contribution in [2.45, 2.75) is 46.1 Å². The van der Waals surface area contributed by atoms with Gasteiger partial charge < -0.3 is 10.2 Å². The van der Waals surface area contributed by atoms with Crippen LogP contribution < -0.4 is 5.32 Å². The van der Waals surface area contributed by atoms with Crippen LogP contribution >= 0.6 is 0 Å². The average Bonchev–Trinajstić information content (AvgIpc) is 2.28. The van der Waals surface area contributed by atoms with Crippen molar-refractivity contribution in [3.05, 3.63) is 0 Å². The number of rotatable bonds is 2. The van der Waals surface area contributed by atoms with Crippen molar-refractivity contribution < 1.29 is 9.59 Å². The maximum absolute atomic E-state index is 12.0. The van der Waals surface area contributed by atoms with E-state index in [9.17, 15) is 9.59 Å². The van der Waals surface area contributed by atoms with Crippen LogP contribution in [-0.4, -0.2) is 35.8 Å². The molecule has 0 atom stereocenters. The van der Waals surface area contributed by atoms with Gasteiger partial charge in [0.1, 0.15) is 6.42 Å². The summed E-state index contributed by atoms with van der Waals surface area (Å²) in [5.74, 6) is -0.0672. The Hall–Kier alpha value is -1.57. The summed E-state index contributed by atoms with van der Waals surface area (Å²) in [5.41, 5.74) is -0.350. The molecule has 1 saturated heterocycles. The molecule has 100 valence electrons. The van der Waals surface area contributed by atoms with Gasteiger partial charge in [-0.05, 0) is 12.8 Å². The van der Waals surface area contributed by atoms with Gasteiger partial charge in [0.05, 0.1) is 6.07 Å². The number of nitrogens with zero attached hydrogens (tertiary/aromatic N) is 2. The van der Waals surface area contributed by atoms with Crippen molar-refractivity contribution in [3.8, 4) is 6.07 Å². The zero-order valence-corrected chi connectivity index (χ0v) is 11.3. The molecular formula is C13H21N3O2. The minimum Gasteiger partial charge on any atom is -0.352 e. The maximum Gasteiger partial charge on any atom is 0.234 e. The predicted molar refractivity (Wildman–Crippen MR) is 67.4 cm³/mol. The van der Waals surface area contributed by atoms with E-state index in [0.29, 0.717) is 13.1 Å². The first kappa shape index (κ1) is 14.5. The quantitative estimate of drug-likeness (QED) is 0.797. The van der Waals surface area contributed by atoms with E-state index in [2.05, 4.69) is 5.32 Å². The highest BCUT2D eigenvalue weighted by atomic mass is 16.2. The molecule has 1 heterocycles. The predicted octanol–water partition coefficient (Wildman–Crippen LogP) is 1.05. The Kier molecular flexibility index (Phi) is 4.71. The topological polar surface area (TPSA) is 73.2 Å². The molecular weight excluding hydrogens is 230 g/mol. The number of nitrogens with one attached hydrogen (secondary N) is 1. The number of piperidine rings is 1. The molecule has 0 aromatic rings. The summed E-state index contributed by atoms with van der Waals surface area (Å²) in [6.45, 7) is 7.09. The fraction of sp³-hybridized carbons (Fsp3) is 0.769. The van der Waals surface area contributed by atoms with Crippen LogP contribution in [0.15, 0.2) is 0 Å². The fourth-order valence-electron chi connectivity index (χ4n) is 2.05. The summed E-state index contributed by atoms with van der Waals surface area (Å²) in [4.78, 5) is 25.2. The second kappa shape index (κ2) is 5.85. The minimum absolute atomic E-state index is 0.0925. The third kappa shape index (κ3) is 4.02. The average molecular weight is 251 g/mol. The molecule has 1 N–H and O–H groups in total. The van der Waals surface area contributed by atoms with E-state index in [-0.39, 0.29) is 29.7 Å². The van der Waals surface area contributed by atoms with E-state index in [4.69, 9.17) is 5.26 Å². The van der Waals surface area contributed by atoms with Gasteiger partial charge in [-0.25, -0.2) is 0 Å². The lowest BCUT2D eigenvalue weighted by atomic mass is 9.93. The van der Waals surface area contributed by atoms with Crippen LogP contribution in [-0.2, 0) is 9.59 Å². The third-order valence-electron chi connectivity index (χ3n) is 3.03. The molecule has 5 heteroatoms. The molecule has 0 aliphatic carbocycles. The molecule has 0 spiro atoms. The second-order valence-corrected chi connectivity index (χ2v) is 5.72. The summed E-state index contributed by atoms with van der Waals surface area (Å²) >= 11 is 0. The molecule has 1 fully saturated rings. The van der Waals surface area contributed by atoms with E-state index in [1.165, 1.54) is 0 Å². The maximum atomic E-state index is 12.0. The Morgan fingerprint density at radius 2 is 1.89 bits per heavy atom. The first-order valence-corrected chi connectivity index (χ1v) is 6.30. The normalized spacial score (nSPS) is 17.1. The van der Waals surface area contributed by atoms with E-state index < -0.39 is 0 Å². The molecule has 1 aliphatic rings. The summed E-state index contributed by atoms with van der Waals surface area (Å²) in [6.07, 6.45) is 1.43.